The highest BCUT2D eigenvalue weighted by atomic mass is 16.5. The number of anilines is 1. The summed E-state index contributed by atoms with van der Waals surface area (Å²) in [7, 11) is 1.32. The van der Waals surface area contributed by atoms with Gasteiger partial charge in [-0.1, -0.05) is 19.1 Å². The summed E-state index contributed by atoms with van der Waals surface area (Å²) in [5, 5.41) is 37.0. The van der Waals surface area contributed by atoms with Gasteiger partial charge in [-0.2, -0.15) is 15.0 Å². The lowest BCUT2D eigenvalue weighted by atomic mass is 10.0. The number of rotatable bonds is 5. The fraction of sp³-hybridized carbons (Fsp3) is 0.423. The van der Waals surface area contributed by atoms with Gasteiger partial charge in [0.1, 0.15) is 11.8 Å². The van der Waals surface area contributed by atoms with Gasteiger partial charge in [-0.3, -0.25) is 0 Å². The Balaban J connectivity index is 0.00000172. The lowest BCUT2D eigenvalue weighted by Gasteiger charge is -2.34. The maximum Gasteiger partial charge on any atom is 0.409 e. The summed E-state index contributed by atoms with van der Waals surface area (Å²) in [6.45, 7) is 8.66. The van der Waals surface area contributed by atoms with Crippen LogP contribution >= 0.6 is 0 Å². The molecule has 0 bridgehead atoms. The highest BCUT2D eigenvalue weighted by Gasteiger charge is 2.32. The number of nitrogens with zero attached hydrogens (tertiary/aromatic N) is 9. The summed E-state index contributed by atoms with van der Waals surface area (Å²) in [6.07, 6.45) is 5.87. The van der Waals surface area contributed by atoms with Crippen molar-refractivity contribution in [1.29, 1.82) is 5.26 Å². The minimum absolute atomic E-state index is 0.124. The number of ether oxygens (including phenoxy) is 1. The second-order valence-electron chi connectivity index (χ2n) is 9.12. The molecular weight excluding hydrogens is 500 g/mol. The number of hydrogen-bond donors (Lipinski definition) is 2. The van der Waals surface area contributed by atoms with E-state index in [2.05, 4.69) is 36.8 Å². The number of aromatic nitrogens is 7. The van der Waals surface area contributed by atoms with Crippen molar-refractivity contribution in [3.8, 4) is 23.1 Å². The van der Waals surface area contributed by atoms with E-state index in [1.807, 2.05) is 33.8 Å². The van der Waals surface area contributed by atoms with Crippen molar-refractivity contribution < 1.29 is 14.6 Å². The Kier molecular flexibility index (Phi) is 8.36. The number of methoxy groups -OCH3 is 1. The SMILES string of the molecule is CC.COC(=O)N1CCC(n2cc(-c3cnc(-n4ncc5cc(C#N)cnc54)cc3NC(C)C)nn2)[C@H](O)C1. The fourth-order valence-electron chi connectivity index (χ4n) is 4.43. The zero-order valence-corrected chi connectivity index (χ0v) is 22.6. The van der Waals surface area contributed by atoms with Crippen LogP contribution in [0.5, 0.6) is 0 Å². The van der Waals surface area contributed by atoms with Crippen molar-refractivity contribution in [3.05, 3.63) is 42.5 Å². The van der Waals surface area contributed by atoms with Crippen molar-refractivity contribution in [1.82, 2.24) is 39.6 Å². The number of piperidine rings is 1. The van der Waals surface area contributed by atoms with Crippen molar-refractivity contribution in [3.63, 3.8) is 0 Å². The quantitative estimate of drug-likeness (QED) is 0.391. The number of carbonyl (C=O) groups is 1. The van der Waals surface area contributed by atoms with Crippen LogP contribution in [0.4, 0.5) is 10.5 Å². The molecule has 0 spiro atoms. The molecule has 204 valence electrons. The predicted octanol–water partition coefficient (Wildman–Crippen LogP) is 3.17. The van der Waals surface area contributed by atoms with Crippen LogP contribution in [0.15, 0.2) is 36.9 Å². The number of hydrogen-bond acceptors (Lipinski definition) is 10. The van der Waals surface area contributed by atoms with Gasteiger partial charge in [0, 0.05) is 47.7 Å². The molecule has 1 amide bonds. The largest absolute Gasteiger partial charge is 0.453 e. The Morgan fingerprint density at radius 2 is 2.03 bits per heavy atom. The van der Waals surface area contributed by atoms with Gasteiger partial charge in [-0.25, -0.2) is 19.4 Å². The molecule has 5 rings (SSSR count). The number of nitriles is 1. The molecule has 1 saturated heterocycles. The molecule has 0 saturated carbocycles. The Morgan fingerprint density at radius 3 is 2.72 bits per heavy atom. The molecule has 1 fully saturated rings. The topological polar surface area (TPSA) is 160 Å². The van der Waals surface area contributed by atoms with Crippen molar-refractivity contribution in [2.75, 3.05) is 25.5 Å². The van der Waals surface area contributed by atoms with E-state index in [9.17, 15) is 9.90 Å². The summed E-state index contributed by atoms with van der Waals surface area (Å²) < 4.78 is 8.02. The molecule has 0 aromatic carbocycles. The Morgan fingerprint density at radius 1 is 1.23 bits per heavy atom. The van der Waals surface area contributed by atoms with Gasteiger partial charge in [-0.15, -0.1) is 5.10 Å². The molecule has 13 nitrogen and oxygen atoms in total. The third kappa shape index (κ3) is 5.65. The molecule has 1 aliphatic heterocycles. The Labute approximate surface area is 226 Å². The fourth-order valence-corrected chi connectivity index (χ4v) is 4.43. The summed E-state index contributed by atoms with van der Waals surface area (Å²) in [5.74, 6) is 0.553. The van der Waals surface area contributed by atoms with Gasteiger partial charge in [0.25, 0.3) is 0 Å². The maximum absolute atomic E-state index is 11.8. The van der Waals surface area contributed by atoms with Gasteiger partial charge in [0.2, 0.25) is 0 Å². The van der Waals surface area contributed by atoms with E-state index in [0.29, 0.717) is 35.7 Å². The van der Waals surface area contributed by atoms with Crippen molar-refractivity contribution >= 4 is 22.8 Å². The molecular formula is C26H32N10O3. The number of amides is 1. The zero-order chi connectivity index (χ0) is 28.1. The first-order chi connectivity index (χ1) is 18.9. The number of carbonyl (C=O) groups excluding carboxylic acids is 1. The van der Waals surface area contributed by atoms with Gasteiger partial charge >= 0.3 is 6.09 Å². The second-order valence-corrected chi connectivity index (χ2v) is 9.12. The van der Waals surface area contributed by atoms with Crippen LogP contribution in [0.2, 0.25) is 0 Å². The molecule has 0 aliphatic carbocycles. The average Bonchev–Trinajstić information content (AvgIpc) is 3.60. The Bertz CT molecular complexity index is 1490. The number of fused-ring (bicyclic) bond motifs is 1. The average molecular weight is 533 g/mol. The molecule has 2 atom stereocenters. The summed E-state index contributed by atoms with van der Waals surface area (Å²) >= 11 is 0. The van der Waals surface area contributed by atoms with E-state index in [1.165, 1.54) is 18.2 Å². The van der Waals surface area contributed by atoms with Gasteiger partial charge in [0.05, 0.1) is 43.8 Å². The third-order valence-corrected chi connectivity index (χ3v) is 6.19. The summed E-state index contributed by atoms with van der Waals surface area (Å²) in [6, 6.07) is 5.48. The van der Waals surface area contributed by atoms with E-state index < -0.39 is 12.2 Å². The molecule has 4 aromatic heterocycles. The smallest absolute Gasteiger partial charge is 0.409 e. The lowest BCUT2D eigenvalue weighted by molar-refractivity contribution is 0.0206. The van der Waals surface area contributed by atoms with Crippen LogP contribution in [-0.2, 0) is 4.74 Å². The number of aliphatic hydroxyl groups excluding tert-OH is 1. The van der Waals surface area contributed by atoms with E-state index in [0.717, 1.165) is 16.6 Å². The van der Waals surface area contributed by atoms with Crippen LogP contribution < -0.4 is 5.32 Å². The highest BCUT2D eigenvalue weighted by molar-refractivity contribution is 5.79. The van der Waals surface area contributed by atoms with Crippen LogP contribution in [-0.4, -0.2) is 83.2 Å². The monoisotopic (exact) mass is 532 g/mol. The van der Waals surface area contributed by atoms with E-state index in [1.54, 1.807) is 34.0 Å². The van der Waals surface area contributed by atoms with E-state index >= 15 is 0 Å². The summed E-state index contributed by atoms with van der Waals surface area (Å²) in [5.41, 5.74) is 3.16. The molecule has 4 aromatic rings. The van der Waals surface area contributed by atoms with E-state index in [4.69, 9.17) is 10.00 Å². The van der Waals surface area contributed by atoms with Crippen molar-refractivity contribution in [2.45, 2.75) is 52.3 Å². The summed E-state index contributed by atoms with van der Waals surface area (Å²) in [4.78, 5) is 22.3. The standard InChI is InChI=1S/C24H26N10O3.C2H6/c1-14(2)29-18-7-22(34-23-16(10-28-34)6-15(8-25)9-27-23)26-11-17(18)19-12-33(31-30-19)20-4-5-32(13-21(20)35)24(36)37-3;1-2/h6-7,9-12,14,20-21,35H,4-5,13H2,1-3H3,(H,26,29);1-2H3/t20?,21-;/m1./s1. The first kappa shape index (κ1) is 27.5. The first-order valence-corrected chi connectivity index (χ1v) is 12.8. The van der Waals surface area contributed by atoms with Crippen LogP contribution in [0.3, 0.4) is 0 Å². The number of nitrogens with one attached hydrogen (secondary N) is 1. The molecule has 1 aliphatic rings. The highest BCUT2D eigenvalue weighted by Crippen LogP contribution is 2.30. The second kappa shape index (κ2) is 11.9. The molecule has 13 heteroatoms. The Hall–Kier alpha value is -4.57. The molecule has 1 unspecified atom stereocenters. The predicted molar refractivity (Wildman–Crippen MR) is 144 cm³/mol. The number of aliphatic hydroxyl groups is 1. The maximum atomic E-state index is 11.8. The van der Waals surface area contributed by atoms with Crippen molar-refractivity contribution in [2.24, 2.45) is 0 Å². The van der Waals surface area contributed by atoms with Gasteiger partial charge < -0.3 is 20.1 Å². The molecule has 0 radical (unpaired) electrons. The third-order valence-electron chi connectivity index (χ3n) is 6.19. The van der Waals surface area contributed by atoms with Crippen LogP contribution in [0.1, 0.15) is 45.7 Å². The van der Waals surface area contributed by atoms with Crippen LogP contribution in [0, 0.1) is 11.3 Å². The van der Waals surface area contributed by atoms with E-state index in [-0.39, 0.29) is 18.6 Å². The molecule has 5 heterocycles. The van der Waals surface area contributed by atoms with Gasteiger partial charge in [0.15, 0.2) is 11.5 Å². The molecule has 39 heavy (non-hydrogen) atoms. The number of pyridine rings is 2. The minimum Gasteiger partial charge on any atom is -0.453 e. The lowest BCUT2D eigenvalue weighted by Crippen LogP contribution is -2.47. The minimum atomic E-state index is -0.807. The van der Waals surface area contributed by atoms with Gasteiger partial charge in [-0.05, 0) is 26.3 Å². The normalized spacial score (nSPS) is 16.9. The zero-order valence-electron chi connectivity index (χ0n) is 22.6. The van der Waals surface area contributed by atoms with Crippen LogP contribution in [0.25, 0.3) is 28.1 Å². The number of β-amino-alcohol motifs (C(OH)–C–C–N with tert-alkyl or cyclic N) is 1. The number of likely N-dealkylation sites (tertiary alicyclic amines) is 1. The first-order valence-electron chi connectivity index (χ1n) is 12.8. The molecule has 2 N–H and O–H groups in total.